The van der Waals surface area contributed by atoms with Gasteiger partial charge in [-0.25, -0.2) is 0 Å². The number of nitrogens with one attached hydrogen (secondary N) is 1. The summed E-state index contributed by atoms with van der Waals surface area (Å²) < 4.78 is 1.06. The smallest absolute Gasteiger partial charge is 0.317 e. The topological polar surface area (TPSA) is 49.3 Å². The van der Waals surface area contributed by atoms with Crippen LogP contribution in [0, 0.1) is 0 Å². The summed E-state index contributed by atoms with van der Waals surface area (Å²) in [6, 6.07) is 8.04. The minimum Gasteiger partial charge on any atom is -0.480 e. The van der Waals surface area contributed by atoms with Crippen LogP contribution in [0.15, 0.2) is 33.6 Å². The Kier molecular flexibility index (Phi) is 5.75. The van der Waals surface area contributed by atoms with Gasteiger partial charge in [-0.05, 0) is 18.2 Å². The van der Waals surface area contributed by atoms with E-state index in [-0.39, 0.29) is 6.54 Å². The zero-order chi connectivity index (χ0) is 11.1. The van der Waals surface area contributed by atoms with E-state index in [2.05, 4.69) is 21.2 Å². The lowest BCUT2D eigenvalue weighted by Gasteiger charge is -2.02. The normalized spacial score (nSPS) is 10.2. The molecular formula is C10H12BrNO2S. The minimum atomic E-state index is -0.817. The molecule has 3 nitrogen and oxygen atoms in total. The summed E-state index contributed by atoms with van der Waals surface area (Å²) in [5.41, 5.74) is 0. The Morgan fingerprint density at radius 3 is 3.00 bits per heavy atom. The zero-order valence-electron chi connectivity index (χ0n) is 8.07. The van der Waals surface area contributed by atoms with Crippen LogP contribution in [0.25, 0.3) is 0 Å². The number of hydrogen-bond donors (Lipinski definition) is 2. The van der Waals surface area contributed by atoms with Gasteiger partial charge < -0.3 is 10.4 Å². The standard InChI is InChI=1S/C10H12BrNO2S/c11-8-2-1-3-9(6-8)15-5-4-12-7-10(13)14/h1-3,6,12H,4-5,7H2,(H,13,14). The van der Waals surface area contributed by atoms with Crippen molar-refractivity contribution >= 4 is 33.7 Å². The monoisotopic (exact) mass is 289 g/mol. The number of benzene rings is 1. The van der Waals surface area contributed by atoms with E-state index in [9.17, 15) is 4.79 Å². The van der Waals surface area contributed by atoms with Crippen molar-refractivity contribution in [2.24, 2.45) is 0 Å². The number of halogens is 1. The molecule has 1 aromatic rings. The summed E-state index contributed by atoms with van der Waals surface area (Å²) in [4.78, 5) is 11.4. The molecule has 1 aromatic carbocycles. The predicted octanol–water partition coefficient (Wildman–Crippen LogP) is 2.22. The molecule has 82 valence electrons. The molecule has 0 radical (unpaired) electrons. The fourth-order valence-corrected chi connectivity index (χ4v) is 2.41. The predicted molar refractivity (Wildman–Crippen MR) is 65.4 cm³/mol. The maximum absolute atomic E-state index is 10.2. The quantitative estimate of drug-likeness (QED) is 0.623. The van der Waals surface area contributed by atoms with Gasteiger partial charge in [-0.1, -0.05) is 22.0 Å². The van der Waals surface area contributed by atoms with Crippen molar-refractivity contribution in [2.45, 2.75) is 4.90 Å². The van der Waals surface area contributed by atoms with Crippen molar-refractivity contribution < 1.29 is 9.90 Å². The number of thioether (sulfide) groups is 1. The van der Waals surface area contributed by atoms with Gasteiger partial charge in [0.2, 0.25) is 0 Å². The molecule has 0 fully saturated rings. The van der Waals surface area contributed by atoms with E-state index in [4.69, 9.17) is 5.11 Å². The molecular weight excluding hydrogens is 278 g/mol. The highest BCUT2D eigenvalue weighted by Crippen LogP contribution is 2.21. The van der Waals surface area contributed by atoms with Crippen molar-refractivity contribution in [3.8, 4) is 0 Å². The molecule has 1 rings (SSSR count). The second-order valence-corrected chi connectivity index (χ2v) is 4.96. The van der Waals surface area contributed by atoms with Crippen LogP contribution in [-0.2, 0) is 4.79 Å². The molecule has 0 unspecified atom stereocenters. The van der Waals surface area contributed by atoms with Crippen molar-refractivity contribution in [2.75, 3.05) is 18.8 Å². The highest BCUT2D eigenvalue weighted by molar-refractivity contribution is 9.10. The molecule has 0 saturated heterocycles. The summed E-state index contributed by atoms with van der Waals surface area (Å²) in [5.74, 6) is 0.0476. The third kappa shape index (κ3) is 5.81. The summed E-state index contributed by atoms with van der Waals surface area (Å²) in [6.07, 6.45) is 0. The Morgan fingerprint density at radius 2 is 2.33 bits per heavy atom. The highest BCUT2D eigenvalue weighted by Gasteiger charge is 1.96. The number of carboxylic acids is 1. The van der Waals surface area contributed by atoms with Crippen molar-refractivity contribution in [3.63, 3.8) is 0 Å². The lowest BCUT2D eigenvalue weighted by Crippen LogP contribution is -2.24. The fourth-order valence-electron chi connectivity index (χ4n) is 0.993. The van der Waals surface area contributed by atoms with Gasteiger partial charge in [0.15, 0.2) is 0 Å². The second kappa shape index (κ2) is 6.87. The van der Waals surface area contributed by atoms with Crippen LogP contribution >= 0.6 is 27.7 Å². The van der Waals surface area contributed by atoms with Crippen LogP contribution in [0.4, 0.5) is 0 Å². The van der Waals surface area contributed by atoms with Crippen molar-refractivity contribution in [1.29, 1.82) is 0 Å². The summed E-state index contributed by atoms with van der Waals surface area (Å²) in [6.45, 7) is 0.725. The first kappa shape index (κ1) is 12.5. The lowest BCUT2D eigenvalue weighted by atomic mass is 10.4. The molecule has 0 heterocycles. The molecule has 0 saturated carbocycles. The van der Waals surface area contributed by atoms with Gasteiger partial charge in [-0.3, -0.25) is 4.79 Å². The van der Waals surface area contributed by atoms with Crippen LogP contribution in [0.1, 0.15) is 0 Å². The van der Waals surface area contributed by atoms with Gasteiger partial charge in [-0.15, -0.1) is 11.8 Å². The number of carboxylic acid groups (broad SMARTS) is 1. The van der Waals surface area contributed by atoms with Gasteiger partial charge in [0, 0.05) is 21.7 Å². The van der Waals surface area contributed by atoms with Gasteiger partial charge >= 0.3 is 5.97 Å². The Balaban J connectivity index is 2.17. The molecule has 5 heteroatoms. The SMILES string of the molecule is O=C(O)CNCCSc1cccc(Br)c1. The van der Waals surface area contributed by atoms with E-state index in [1.54, 1.807) is 11.8 Å². The van der Waals surface area contributed by atoms with Crippen molar-refractivity contribution in [1.82, 2.24) is 5.32 Å². The Bertz CT molecular complexity index is 333. The van der Waals surface area contributed by atoms with Crippen molar-refractivity contribution in [3.05, 3.63) is 28.7 Å². The lowest BCUT2D eigenvalue weighted by molar-refractivity contribution is -0.135. The Hall–Kier alpha value is -0.520. The average Bonchev–Trinajstić information content (AvgIpc) is 2.17. The largest absolute Gasteiger partial charge is 0.480 e. The fraction of sp³-hybridized carbons (Fsp3) is 0.300. The summed E-state index contributed by atoms with van der Waals surface area (Å²) >= 11 is 5.10. The van der Waals surface area contributed by atoms with Crippen LogP contribution in [0.5, 0.6) is 0 Å². The van der Waals surface area contributed by atoms with Gasteiger partial charge in [0.1, 0.15) is 0 Å². The number of rotatable bonds is 6. The van der Waals surface area contributed by atoms with Gasteiger partial charge in [0.05, 0.1) is 6.54 Å². The first-order chi connectivity index (χ1) is 7.18. The Labute approximate surface area is 101 Å². The molecule has 0 aliphatic carbocycles. The molecule has 0 bridgehead atoms. The molecule has 0 aliphatic rings. The van der Waals surface area contributed by atoms with E-state index in [1.165, 1.54) is 4.90 Å². The van der Waals surface area contributed by atoms with Gasteiger partial charge in [-0.2, -0.15) is 0 Å². The second-order valence-electron chi connectivity index (χ2n) is 2.88. The van der Waals surface area contributed by atoms with Crippen LogP contribution in [0.2, 0.25) is 0 Å². The molecule has 0 spiro atoms. The van der Waals surface area contributed by atoms with Crippen LogP contribution in [0.3, 0.4) is 0 Å². The van der Waals surface area contributed by atoms with Crippen LogP contribution < -0.4 is 5.32 Å². The number of carbonyl (C=O) groups is 1. The number of aliphatic carboxylic acids is 1. The van der Waals surface area contributed by atoms with Crippen LogP contribution in [-0.4, -0.2) is 29.9 Å². The van der Waals surface area contributed by atoms with E-state index >= 15 is 0 Å². The third-order valence-corrected chi connectivity index (χ3v) is 3.11. The maximum Gasteiger partial charge on any atom is 0.317 e. The maximum atomic E-state index is 10.2. The molecule has 0 amide bonds. The van der Waals surface area contributed by atoms with E-state index in [1.807, 2.05) is 24.3 Å². The molecule has 2 N–H and O–H groups in total. The zero-order valence-corrected chi connectivity index (χ0v) is 10.5. The Morgan fingerprint density at radius 1 is 1.53 bits per heavy atom. The van der Waals surface area contributed by atoms with E-state index in [0.717, 1.165) is 10.2 Å². The van der Waals surface area contributed by atoms with E-state index < -0.39 is 5.97 Å². The highest BCUT2D eigenvalue weighted by atomic mass is 79.9. The van der Waals surface area contributed by atoms with Gasteiger partial charge in [0.25, 0.3) is 0 Å². The minimum absolute atomic E-state index is 0.0268. The number of hydrogen-bond acceptors (Lipinski definition) is 3. The molecule has 15 heavy (non-hydrogen) atoms. The summed E-state index contributed by atoms with van der Waals surface area (Å²) in [5, 5.41) is 11.2. The molecule has 0 aliphatic heterocycles. The molecule has 0 atom stereocenters. The first-order valence-corrected chi connectivity index (χ1v) is 6.27. The first-order valence-electron chi connectivity index (χ1n) is 4.49. The third-order valence-electron chi connectivity index (χ3n) is 1.62. The average molecular weight is 290 g/mol. The summed E-state index contributed by atoms with van der Waals surface area (Å²) in [7, 11) is 0. The van der Waals surface area contributed by atoms with E-state index in [0.29, 0.717) is 6.54 Å². The molecule has 0 aromatic heterocycles.